The van der Waals surface area contributed by atoms with E-state index in [-0.39, 0.29) is 6.42 Å². The van der Waals surface area contributed by atoms with E-state index in [2.05, 4.69) is 15.2 Å². The maximum Gasteiger partial charge on any atom is 0.349 e. The molecule has 1 aromatic heterocycles. The molecule has 0 spiro atoms. The van der Waals surface area contributed by atoms with Crippen molar-refractivity contribution in [3.05, 3.63) is 34.1 Å². The predicted octanol–water partition coefficient (Wildman–Crippen LogP) is 2.43. The minimum Gasteiger partial charge on any atom is -0.477 e. The zero-order valence-corrected chi connectivity index (χ0v) is 11.0. The smallest absolute Gasteiger partial charge is 0.349 e. The molecule has 0 aliphatic rings. The summed E-state index contributed by atoms with van der Waals surface area (Å²) in [4.78, 5) is 14.6. The third-order valence-electron chi connectivity index (χ3n) is 2.31. The molecule has 0 amide bonds. The fourth-order valence-corrected chi connectivity index (χ4v) is 1.68. The van der Waals surface area contributed by atoms with Gasteiger partial charge >= 0.3 is 5.97 Å². The molecule has 98 valence electrons. The molecule has 1 heterocycles. The number of hydrogen-bond acceptors (Lipinski definition) is 4. The Morgan fingerprint density at radius 2 is 2.11 bits per heavy atom. The number of aliphatic carboxylic acids is 1. The molecular formula is C11H8Cl2N4O2. The van der Waals surface area contributed by atoms with E-state index >= 15 is 0 Å². The van der Waals surface area contributed by atoms with Gasteiger partial charge in [0.2, 0.25) is 0 Å². The first kappa shape index (κ1) is 13.5. The van der Waals surface area contributed by atoms with Crippen LogP contribution in [0, 0.1) is 5.41 Å². The number of aromatic nitrogens is 3. The van der Waals surface area contributed by atoms with Gasteiger partial charge in [0, 0.05) is 5.56 Å². The van der Waals surface area contributed by atoms with Crippen LogP contribution < -0.4 is 0 Å². The number of nitrogens with one attached hydrogen (secondary N) is 2. The summed E-state index contributed by atoms with van der Waals surface area (Å²) in [5.74, 6) is -0.618. The van der Waals surface area contributed by atoms with Gasteiger partial charge in [-0.3, -0.25) is 10.5 Å². The molecule has 0 fully saturated rings. The number of rotatable bonds is 4. The highest BCUT2D eigenvalue weighted by Gasteiger charge is 2.12. The molecule has 0 radical (unpaired) electrons. The number of carbonyl (C=O) groups is 1. The first-order chi connectivity index (χ1) is 8.97. The molecule has 0 saturated carbocycles. The van der Waals surface area contributed by atoms with Gasteiger partial charge in [-0.25, -0.2) is 9.78 Å². The van der Waals surface area contributed by atoms with Crippen molar-refractivity contribution < 1.29 is 9.90 Å². The number of benzene rings is 1. The summed E-state index contributed by atoms with van der Waals surface area (Å²) in [6, 6.07) is 4.93. The van der Waals surface area contributed by atoms with E-state index < -0.39 is 11.7 Å². The number of hydrogen-bond donors (Lipinski definition) is 3. The molecule has 6 nitrogen and oxygen atoms in total. The number of H-pyrrole nitrogens is 1. The second-order valence-electron chi connectivity index (χ2n) is 3.70. The van der Waals surface area contributed by atoms with Crippen molar-refractivity contribution in [1.82, 2.24) is 15.2 Å². The Bertz CT molecular complexity index is 654. The Kier molecular flexibility index (Phi) is 3.82. The summed E-state index contributed by atoms with van der Waals surface area (Å²) in [7, 11) is 0. The van der Waals surface area contributed by atoms with Crippen molar-refractivity contribution >= 4 is 34.9 Å². The highest BCUT2D eigenvalue weighted by atomic mass is 35.5. The predicted molar refractivity (Wildman–Crippen MR) is 70.9 cm³/mol. The molecule has 1 aromatic carbocycles. The molecular weight excluding hydrogens is 291 g/mol. The normalized spacial score (nSPS) is 10.4. The molecule has 3 N–H and O–H groups in total. The van der Waals surface area contributed by atoms with Gasteiger partial charge in [0.15, 0.2) is 5.82 Å². The second kappa shape index (κ2) is 5.38. The van der Waals surface area contributed by atoms with Crippen LogP contribution in [0.25, 0.3) is 11.4 Å². The second-order valence-corrected chi connectivity index (χ2v) is 4.51. The largest absolute Gasteiger partial charge is 0.477 e. The van der Waals surface area contributed by atoms with Gasteiger partial charge in [-0.2, -0.15) is 5.10 Å². The Hall–Kier alpha value is -1.92. The van der Waals surface area contributed by atoms with E-state index in [1.807, 2.05) is 0 Å². The molecule has 19 heavy (non-hydrogen) atoms. The van der Waals surface area contributed by atoms with Crippen LogP contribution in [0.3, 0.4) is 0 Å². The summed E-state index contributed by atoms with van der Waals surface area (Å²) in [5.41, 5.74) is 0.190. The Morgan fingerprint density at radius 3 is 2.74 bits per heavy atom. The van der Waals surface area contributed by atoms with Crippen molar-refractivity contribution in [2.75, 3.05) is 0 Å². The standard InChI is InChI=1S/C11H8Cl2N4O2/c12-6-2-1-5(3-7(6)13)10-15-9(16-17-10)4-8(14)11(18)19/h1-3,14H,4H2,(H,18,19)(H,15,16,17). The van der Waals surface area contributed by atoms with Crippen molar-refractivity contribution in [1.29, 1.82) is 5.41 Å². The number of carboxylic acids is 1. The Labute approximate surface area is 117 Å². The molecule has 2 aromatic rings. The van der Waals surface area contributed by atoms with Crippen molar-refractivity contribution in [2.24, 2.45) is 0 Å². The first-order valence-electron chi connectivity index (χ1n) is 5.15. The van der Waals surface area contributed by atoms with Crippen molar-refractivity contribution in [3.8, 4) is 11.4 Å². The lowest BCUT2D eigenvalue weighted by molar-refractivity contribution is -0.129. The maximum absolute atomic E-state index is 10.5. The molecule has 8 heteroatoms. The average molecular weight is 299 g/mol. The van der Waals surface area contributed by atoms with Crippen molar-refractivity contribution in [2.45, 2.75) is 6.42 Å². The van der Waals surface area contributed by atoms with Gasteiger partial charge in [0.25, 0.3) is 0 Å². The molecule has 0 aliphatic heterocycles. The van der Waals surface area contributed by atoms with Gasteiger partial charge < -0.3 is 5.11 Å². The summed E-state index contributed by atoms with van der Waals surface area (Å²) in [6.45, 7) is 0. The lowest BCUT2D eigenvalue weighted by Crippen LogP contribution is -2.14. The first-order valence-corrected chi connectivity index (χ1v) is 5.90. The lowest BCUT2D eigenvalue weighted by Gasteiger charge is -1.98. The lowest BCUT2D eigenvalue weighted by atomic mass is 10.2. The van der Waals surface area contributed by atoms with Crippen LogP contribution in [0.15, 0.2) is 18.2 Å². The summed E-state index contributed by atoms with van der Waals surface area (Å²) >= 11 is 11.7. The minimum absolute atomic E-state index is 0.121. The Morgan fingerprint density at radius 1 is 1.37 bits per heavy atom. The highest BCUT2D eigenvalue weighted by Crippen LogP contribution is 2.26. The summed E-state index contributed by atoms with van der Waals surface area (Å²) in [5, 5.41) is 23.2. The molecule has 0 saturated heterocycles. The summed E-state index contributed by atoms with van der Waals surface area (Å²) < 4.78 is 0. The molecule has 2 rings (SSSR count). The van der Waals surface area contributed by atoms with Gasteiger partial charge in [0.1, 0.15) is 11.5 Å². The molecule has 0 bridgehead atoms. The van der Waals surface area contributed by atoms with E-state index in [0.29, 0.717) is 27.3 Å². The molecule has 0 atom stereocenters. The van der Waals surface area contributed by atoms with Crippen LogP contribution >= 0.6 is 23.2 Å². The van der Waals surface area contributed by atoms with Crippen LogP contribution in [0.1, 0.15) is 5.82 Å². The van der Waals surface area contributed by atoms with Crippen LogP contribution in [-0.2, 0) is 11.2 Å². The highest BCUT2D eigenvalue weighted by molar-refractivity contribution is 6.42. The van der Waals surface area contributed by atoms with Crippen molar-refractivity contribution in [3.63, 3.8) is 0 Å². The fourth-order valence-electron chi connectivity index (χ4n) is 1.38. The maximum atomic E-state index is 10.5. The van der Waals surface area contributed by atoms with Crippen LogP contribution in [0.2, 0.25) is 10.0 Å². The number of aromatic amines is 1. The Balaban J connectivity index is 2.23. The zero-order valence-electron chi connectivity index (χ0n) is 9.44. The SMILES string of the molecule is N=C(Cc1nc(-c2ccc(Cl)c(Cl)c2)n[nH]1)C(=O)O. The number of halogens is 2. The van der Waals surface area contributed by atoms with E-state index in [1.165, 1.54) is 0 Å². The topological polar surface area (TPSA) is 103 Å². The van der Waals surface area contributed by atoms with E-state index in [1.54, 1.807) is 18.2 Å². The number of carboxylic acid groups (broad SMARTS) is 1. The zero-order chi connectivity index (χ0) is 14.0. The van der Waals surface area contributed by atoms with Crippen LogP contribution in [0.5, 0.6) is 0 Å². The van der Waals surface area contributed by atoms with E-state index in [0.717, 1.165) is 0 Å². The summed E-state index contributed by atoms with van der Waals surface area (Å²) in [6.07, 6.45) is -0.121. The molecule has 0 unspecified atom stereocenters. The van der Waals surface area contributed by atoms with E-state index in [9.17, 15) is 4.79 Å². The molecule has 0 aliphatic carbocycles. The van der Waals surface area contributed by atoms with Gasteiger partial charge in [0.05, 0.1) is 16.5 Å². The average Bonchev–Trinajstić information content (AvgIpc) is 2.81. The van der Waals surface area contributed by atoms with Crippen LogP contribution in [0.4, 0.5) is 0 Å². The van der Waals surface area contributed by atoms with Crippen LogP contribution in [-0.4, -0.2) is 32.0 Å². The monoisotopic (exact) mass is 298 g/mol. The minimum atomic E-state index is -1.28. The quantitative estimate of drug-likeness (QED) is 0.754. The van der Waals surface area contributed by atoms with E-state index in [4.69, 9.17) is 33.7 Å². The number of nitrogens with zero attached hydrogens (tertiary/aromatic N) is 2. The third-order valence-corrected chi connectivity index (χ3v) is 3.05. The third kappa shape index (κ3) is 3.10. The van der Waals surface area contributed by atoms with Gasteiger partial charge in [-0.1, -0.05) is 23.2 Å². The van der Waals surface area contributed by atoms with Gasteiger partial charge in [-0.05, 0) is 18.2 Å². The fraction of sp³-hybridized carbons (Fsp3) is 0.0909. The van der Waals surface area contributed by atoms with Gasteiger partial charge in [-0.15, -0.1) is 0 Å².